The van der Waals surface area contributed by atoms with Gasteiger partial charge in [0.15, 0.2) is 11.5 Å². The molecule has 3 rings (SSSR count). The number of urea groups is 1. The Kier molecular flexibility index (Phi) is 3.79. The largest absolute Gasteiger partial charge is 0.454 e. The topological polar surface area (TPSA) is 71.1 Å². The number of amides is 3. The maximum Gasteiger partial charge on any atom is 0.325 e. The van der Waals surface area contributed by atoms with Crippen LogP contribution in [0.25, 0.3) is 0 Å². The number of carbonyl (C=O) groups excluding carboxylic acids is 2. The molecule has 7 nitrogen and oxygen atoms in total. The number of nitrogens with one attached hydrogen (secondary N) is 1. The van der Waals surface area contributed by atoms with E-state index in [1.807, 2.05) is 19.9 Å². The Morgan fingerprint density at radius 2 is 2.05 bits per heavy atom. The Morgan fingerprint density at radius 3 is 2.82 bits per heavy atom. The fourth-order valence-corrected chi connectivity index (χ4v) is 2.56. The van der Waals surface area contributed by atoms with Crippen molar-refractivity contribution in [1.29, 1.82) is 0 Å². The molecule has 2 aliphatic rings. The van der Waals surface area contributed by atoms with E-state index in [1.165, 1.54) is 0 Å². The predicted octanol–water partition coefficient (Wildman–Crippen LogP) is 1.18. The third kappa shape index (κ3) is 2.79. The highest BCUT2D eigenvalue weighted by molar-refractivity contribution is 5.96. The summed E-state index contributed by atoms with van der Waals surface area (Å²) in [6.45, 7) is 5.14. The summed E-state index contributed by atoms with van der Waals surface area (Å²) >= 11 is 0. The van der Waals surface area contributed by atoms with Gasteiger partial charge >= 0.3 is 6.03 Å². The summed E-state index contributed by atoms with van der Waals surface area (Å²) in [7, 11) is 0. The molecule has 118 valence electrons. The molecule has 1 fully saturated rings. The molecule has 3 amide bonds. The number of ether oxygens (including phenoxy) is 2. The molecule has 2 heterocycles. The molecule has 2 aliphatic heterocycles. The monoisotopic (exact) mass is 305 g/mol. The second-order valence-electron chi connectivity index (χ2n) is 5.62. The van der Waals surface area contributed by atoms with E-state index in [2.05, 4.69) is 5.32 Å². The van der Waals surface area contributed by atoms with E-state index >= 15 is 0 Å². The van der Waals surface area contributed by atoms with Gasteiger partial charge in [0.25, 0.3) is 0 Å². The first-order valence-electron chi connectivity index (χ1n) is 7.30. The van der Waals surface area contributed by atoms with Crippen molar-refractivity contribution in [1.82, 2.24) is 10.2 Å². The minimum atomic E-state index is -0.169. The van der Waals surface area contributed by atoms with Crippen LogP contribution in [-0.2, 0) is 4.79 Å². The van der Waals surface area contributed by atoms with Crippen molar-refractivity contribution in [3.63, 3.8) is 0 Å². The molecule has 1 aromatic rings. The molecule has 0 bridgehead atoms. The Morgan fingerprint density at radius 1 is 1.27 bits per heavy atom. The summed E-state index contributed by atoms with van der Waals surface area (Å²) in [5.41, 5.74) is 0.751. The van der Waals surface area contributed by atoms with Gasteiger partial charge in [0.1, 0.15) is 6.54 Å². The van der Waals surface area contributed by atoms with Gasteiger partial charge in [0.2, 0.25) is 12.7 Å². The second-order valence-corrected chi connectivity index (χ2v) is 5.62. The zero-order valence-electron chi connectivity index (χ0n) is 12.7. The highest BCUT2D eigenvalue weighted by atomic mass is 16.7. The van der Waals surface area contributed by atoms with Crippen LogP contribution in [0.2, 0.25) is 0 Å². The Labute approximate surface area is 128 Å². The lowest BCUT2D eigenvalue weighted by Gasteiger charge is -2.19. The molecular weight excluding hydrogens is 286 g/mol. The standard InChI is InChI=1S/C15H19N3O4/c1-10(2)16-14(19)8-17-5-6-18(15(17)20)11-3-4-12-13(7-11)22-9-21-12/h3-4,7,10H,5-6,8-9H2,1-2H3,(H,16,19). The Hall–Kier alpha value is -2.44. The van der Waals surface area contributed by atoms with E-state index in [-0.39, 0.29) is 31.3 Å². The van der Waals surface area contributed by atoms with Gasteiger partial charge in [-0.3, -0.25) is 9.69 Å². The maximum atomic E-state index is 12.4. The van der Waals surface area contributed by atoms with Crippen LogP contribution >= 0.6 is 0 Å². The van der Waals surface area contributed by atoms with Gasteiger partial charge < -0.3 is 19.7 Å². The first kappa shape index (κ1) is 14.5. The number of benzene rings is 1. The van der Waals surface area contributed by atoms with Crippen molar-refractivity contribution < 1.29 is 19.1 Å². The summed E-state index contributed by atoms with van der Waals surface area (Å²) in [6.07, 6.45) is 0. The molecule has 1 aromatic carbocycles. The van der Waals surface area contributed by atoms with E-state index in [0.29, 0.717) is 24.6 Å². The van der Waals surface area contributed by atoms with Crippen molar-refractivity contribution in [2.75, 3.05) is 31.3 Å². The highest BCUT2D eigenvalue weighted by Gasteiger charge is 2.31. The van der Waals surface area contributed by atoms with Crippen LogP contribution in [0.4, 0.5) is 10.5 Å². The minimum absolute atomic E-state index is 0.0650. The van der Waals surface area contributed by atoms with Crippen LogP contribution in [-0.4, -0.2) is 49.3 Å². The van der Waals surface area contributed by atoms with Crippen LogP contribution in [0, 0.1) is 0 Å². The molecule has 0 atom stereocenters. The SMILES string of the molecule is CC(C)NC(=O)CN1CCN(c2ccc3c(c2)OCO3)C1=O. The zero-order chi connectivity index (χ0) is 15.7. The first-order valence-corrected chi connectivity index (χ1v) is 7.30. The summed E-state index contributed by atoms with van der Waals surface area (Å²) < 4.78 is 10.6. The normalized spacial score (nSPS) is 16.6. The quantitative estimate of drug-likeness (QED) is 0.907. The van der Waals surface area contributed by atoms with E-state index in [1.54, 1.807) is 21.9 Å². The number of anilines is 1. The zero-order valence-corrected chi connectivity index (χ0v) is 12.7. The second kappa shape index (κ2) is 5.75. The van der Waals surface area contributed by atoms with Crippen molar-refractivity contribution in [2.24, 2.45) is 0 Å². The van der Waals surface area contributed by atoms with Gasteiger partial charge in [-0.1, -0.05) is 0 Å². The molecule has 0 aliphatic carbocycles. The third-order valence-corrected chi connectivity index (χ3v) is 3.55. The van der Waals surface area contributed by atoms with Gasteiger partial charge in [0.05, 0.1) is 0 Å². The minimum Gasteiger partial charge on any atom is -0.454 e. The third-order valence-electron chi connectivity index (χ3n) is 3.55. The van der Waals surface area contributed by atoms with Gasteiger partial charge in [-0.2, -0.15) is 0 Å². The van der Waals surface area contributed by atoms with Crippen molar-refractivity contribution in [2.45, 2.75) is 19.9 Å². The van der Waals surface area contributed by atoms with Gasteiger partial charge in [-0.15, -0.1) is 0 Å². The maximum absolute atomic E-state index is 12.4. The smallest absolute Gasteiger partial charge is 0.325 e. The fourth-order valence-electron chi connectivity index (χ4n) is 2.56. The number of fused-ring (bicyclic) bond motifs is 1. The summed E-state index contributed by atoms with van der Waals surface area (Å²) in [5.74, 6) is 1.18. The summed E-state index contributed by atoms with van der Waals surface area (Å²) in [5, 5.41) is 2.79. The Bertz CT molecular complexity index is 602. The average Bonchev–Trinajstić information content (AvgIpc) is 3.05. The van der Waals surface area contributed by atoms with Crippen LogP contribution in [0.5, 0.6) is 11.5 Å². The number of hydrogen-bond acceptors (Lipinski definition) is 4. The fraction of sp³-hybridized carbons (Fsp3) is 0.467. The van der Waals surface area contributed by atoms with Crippen molar-refractivity contribution in [3.8, 4) is 11.5 Å². The van der Waals surface area contributed by atoms with Crippen LogP contribution in [0.15, 0.2) is 18.2 Å². The van der Waals surface area contributed by atoms with Crippen LogP contribution in [0.1, 0.15) is 13.8 Å². The van der Waals surface area contributed by atoms with E-state index in [0.717, 1.165) is 5.69 Å². The molecule has 22 heavy (non-hydrogen) atoms. The lowest BCUT2D eigenvalue weighted by atomic mass is 10.2. The first-order chi connectivity index (χ1) is 10.5. The number of nitrogens with zero attached hydrogens (tertiary/aromatic N) is 2. The molecule has 0 saturated carbocycles. The van der Waals surface area contributed by atoms with Gasteiger partial charge in [-0.25, -0.2) is 4.79 Å². The number of rotatable bonds is 4. The van der Waals surface area contributed by atoms with E-state index in [4.69, 9.17) is 9.47 Å². The summed E-state index contributed by atoms with van der Waals surface area (Å²) in [4.78, 5) is 27.4. The molecule has 0 radical (unpaired) electrons. The van der Waals surface area contributed by atoms with Crippen LogP contribution in [0.3, 0.4) is 0 Å². The summed E-state index contributed by atoms with van der Waals surface area (Å²) in [6, 6.07) is 5.30. The molecular formula is C15H19N3O4. The average molecular weight is 305 g/mol. The molecule has 0 aromatic heterocycles. The lowest BCUT2D eigenvalue weighted by Crippen LogP contribution is -2.42. The van der Waals surface area contributed by atoms with Crippen molar-refractivity contribution >= 4 is 17.6 Å². The lowest BCUT2D eigenvalue weighted by molar-refractivity contribution is -0.122. The van der Waals surface area contributed by atoms with E-state index in [9.17, 15) is 9.59 Å². The van der Waals surface area contributed by atoms with Crippen molar-refractivity contribution in [3.05, 3.63) is 18.2 Å². The molecule has 7 heteroatoms. The van der Waals surface area contributed by atoms with Gasteiger partial charge in [0, 0.05) is 30.9 Å². The number of carbonyl (C=O) groups is 2. The molecule has 0 unspecified atom stereocenters. The Balaban J connectivity index is 1.67. The molecule has 1 N–H and O–H groups in total. The molecule has 1 saturated heterocycles. The predicted molar refractivity (Wildman–Crippen MR) is 80.2 cm³/mol. The van der Waals surface area contributed by atoms with Crippen LogP contribution < -0.4 is 19.7 Å². The van der Waals surface area contributed by atoms with E-state index < -0.39 is 0 Å². The van der Waals surface area contributed by atoms with Gasteiger partial charge in [-0.05, 0) is 26.0 Å². The highest BCUT2D eigenvalue weighted by Crippen LogP contribution is 2.36. The number of hydrogen-bond donors (Lipinski definition) is 1. The molecule has 0 spiro atoms.